The van der Waals surface area contributed by atoms with Gasteiger partial charge in [-0.15, -0.1) is 6.58 Å². The van der Waals surface area contributed by atoms with Crippen LogP contribution in [0.5, 0.6) is 0 Å². The maximum Gasteiger partial charge on any atom is 0.191 e. The van der Waals surface area contributed by atoms with Crippen LogP contribution in [0.15, 0.2) is 48.0 Å². The molecule has 1 aromatic carbocycles. The fourth-order valence-corrected chi connectivity index (χ4v) is 2.00. The third-order valence-corrected chi connectivity index (χ3v) is 3.26. The van der Waals surface area contributed by atoms with Crippen LogP contribution >= 0.6 is 0 Å². The van der Waals surface area contributed by atoms with Crippen LogP contribution in [0, 0.1) is 0 Å². The minimum atomic E-state index is 0.381. The van der Waals surface area contributed by atoms with Crippen LogP contribution in [0.1, 0.15) is 12.5 Å². The minimum absolute atomic E-state index is 0.381. The lowest BCUT2D eigenvalue weighted by Gasteiger charge is -2.23. The molecule has 0 aliphatic rings. The smallest absolute Gasteiger partial charge is 0.191 e. The molecule has 1 atom stereocenters. The van der Waals surface area contributed by atoms with E-state index in [1.807, 2.05) is 6.08 Å². The van der Waals surface area contributed by atoms with Crippen LogP contribution in [-0.4, -0.2) is 50.6 Å². The molecule has 0 amide bonds. The lowest BCUT2D eigenvalue weighted by Crippen LogP contribution is -2.39. The van der Waals surface area contributed by atoms with Crippen molar-refractivity contribution in [3.63, 3.8) is 0 Å². The highest BCUT2D eigenvalue weighted by atomic mass is 15.2. The molecule has 0 aliphatic heterocycles. The molecule has 0 aromatic heterocycles. The molecule has 0 radical (unpaired) electrons. The molecule has 0 spiro atoms. The zero-order chi connectivity index (χ0) is 15.5. The lowest BCUT2D eigenvalue weighted by molar-refractivity contribution is 0.298. The zero-order valence-electron chi connectivity index (χ0n) is 13.5. The molecule has 0 bridgehead atoms. The Morgan fingerprint density at radius 1 is 1.29 bits per heavy atom. The van der Waals surface area contributed by atoms with Gasteiger partial charge in [-0.25, -0.2) is 0 Å². The molecule has 0 saturated carbocycles. The summed E-state index contributed by atoms with van der Waals surface area (Å²) in [5, 5.41) is 6.48. The highest BCUT2D eigenvalue weighted by Crippen LogP contribution is 2.07. The van der Waals surface area contributed by atoms with Crippen molar-refractivity contribution in [2.24, 2.45) is 4.99 Å². The van der Waals surface area contributed by atoms with E-state index < -0.39 is 0 Å². The van der Waals surface area contributed by atoms with Crippen molar-refractivity contribution in [2.45, 2.75) is 19.4 Å². The summed E-state index contributed by atoms with van der Waals surface area (Å²) < 4.78 is 0. The van der Waals surface area contributed by atoms with Crippen molar-refractivity contribution >= 4 is 5.96 Å². The number of benzene rings is 1. The topological polar surface area (TPSA) is 39.7 Å². The van der Waals surface area contributed by atoms with Crippen LogP contribution in [0.2, 0.25) is 0 Å². The van der Waals surface area contributed by atoms with E-state index in [1.165, 1.54) is 5.56 Å². The Morgan fingerprint density at radius 3 is 2.57 bits per heavy atom. The molecule has 4 heteroatoms. The molecular weight excluding hydrogens is 260 g/mol. The monoisotopic (exact) mass is 288 g/mol. The predicted molar refractivity (Wildman–Crippen MR) is 91.8 cm³/mol. The summed E-state index contributed by atoms with van der Waals surface area (Å²) in [5.74, 6) is 0.845. The molecule has 116 valence electrons. The summed E-state index contributed by atoms with van der Waals surface area (Å²) in [6, 6.07) is 10.9. The zero-order valence-corrected chi connectivity index (χ0v) is 13.5. The van der Waals surface area contributed by atoms with Gasteiger partial charge in [0.05, 0.1) is 6.54 Å². The minimum Gasteiger partial charge on any atom is -0.357 e. The second-order valence-corrected chi connectivity index (χ2v) is 5.20. The van der Waals surface area contributed by atoms with Gasteiger partial charge in [-0.3, -0.25) is 4.99 Å². The van der Waals surface area contributed by atoms with Gasteiger partial charge in [0.15, 0.2) is 5.96 Å². The highest BCUT2D eigenvalue weighted by molar-refractivity contribution is 5.79. The van der Waals surface area contributed by atoms with Gasteiger partial charge in [0, 0.05) is 19.1 Å². The summed E-state index contributed by atoms with van der Waals surface area (Å²) in [4.78, 5) is 6.90. The summed E-state index contributed by atoms with van der Waals surface area (Å²) in [6.07, 6.45) is 2.83. The van der Waals surface area contributed by atoms with E-state index in [2.05, 4.69) is 78.5 Å². The van der Waals surface area contributed by atoms with E-state index in [0.29, 0.717) is 6.04 Å². The standard InChI is InChI=1S/C17H28N4/c1-5-12-19-17(18-6-2)20-14-16(21(3)4)13-15-10-8-7-9-11-15/h5,7-11,16H,1,6,12-14H2,2-4H3,(H2,18,19,20). The fraction of sp³-hybridized carbons (Fsp3) is 0.471. The van der Waals surface area contributed by atoms with Crippen molar-refractivity contribution in [3.05, 3.63) is 48.6 Å². The van der Waals surface area contributed by atoms with Crippen LogP contribution in [0.3, 0.4) is 0 Å². The van der Waals surface area contributed by atoms with Gasteiger partial charge < -0.3 is 15.5 Å². The van der Waals surface area contributed by atoms with Gasteiger partial charge in [0.25, 0.3) is 0 Å². The summed E-state index contributed by atoms with van der Waals surface area (Å²) in [5.41, 5.74) is 1.34. The van der Waals surface area contributed by atoms with Gasteiger partial charge >= 0.3 is 0 Å². The first-order valence-corrected chi connectivity index (χ1v) is 7.50. The van der Waals surface area contributed by atoms with E-state index in [4.69, 9.17) is 0 Å². The average Bonchev–Trinajstić information content (AvgIpc) is 2.49. The second-order valence-electron chi connectivity index (χ2n) is 5.20. The quantitative estimate of drug-likeness (QED) is 0.436. The molecular formula is C17H28N4. The Hall–Kier alpha value is -1.81. The number of hydrogen-bond acceptors (Lipinski definition) is 2. The van der Waals surface area contributed by atoms with Crippen LogP contribution in [0.25, 0.3) is 0 Å². The van der Waals surface area contributed by atoms with Gasteiger partial charge in [0.1, 0.15) is 0 Å². The van der Waals surface area contributed by atoms with Gasteiger partial charge in [0.2, 0.25) is 0 Å². The maximum absolute atomic E-state index is 4.67. The molecule has 2 N–H and O–H groups in total. The Morgan fingerprint density at radius 2 is 2.00 bits per heavy atom. The molecule has 0 saturated heterocycles. The first kappa shape index (κ1) is 17.2. The van der Waals surface area contributed by atoms with Crippen LogP contribution in [-0.2, 0) is 6.42 Å². The number of rotatable bonds is 8. The van der Waals surface area contributed by atoms with Crippen molar-refractivity contribution in [1.82, 2.24) is 15.5 Å². The third-order valence-electron chi connectivity index (χ3n) is 3.26. The first-order valence-electron chi connectivity index (χ1n) is 7.50. The summed E-state index contributed by atoms with van der Waals surface area (Å²) in [6.45, 7) is 8.12. The lowest BCUT2D eigenvalue weighted by atomic mass is 10.1. The molecule has 4 nitrogen and oxygen atoms in total. The van der Waals surface area contributed by atoms with Crippen molar-refractivity contribution in [2.75, 3.05) is 33.7 Å². The summed E-state index contributed by atoms with van der Waals surface area (Å²) in [7, 11) is 4.21. The maximum atomic E-state index is 4.67. The van der Waals surface area contributed by atoms with E-state index in [0.717, 1.165) is 32.0 Å². The Balaban J connectivity index is 2.65. The Kier molecular flexibility index (Phi) is 8.21. The third kappa shape index (κ3) is 6.95. The molecule has 0 fully saturated rings. The second kappa shape index (κ2) is 10.00. The number of likely N-dealkylation sites (N-methyl/N-ethyl adjacent to an activating group) is 1. The first-order chi connectivity index (χ1) is 10.2. The number of aliphatic imine (C=N–C) groups is 1. The molecule has 0 aliphatic carbocycles. The van der Waals surface area contributed by atoms with E-state index in [9.17, 15) is 0 Å². The van der Waals surface area contributed by atoms with Crippen molar-refractivity contribution < 1.29 is 0 Å². The summed E-state index contributed by atoms with van der Waals surface area (Å²) >= 11 is 0. The van der Waals surface area contributed by atoms with E-state index >= 15 is 0 Å². The average molecular weight is 288 g/mol. The predicted octanol–water partition coefficient (Wildman–Crippen LogP) is 1.90. The van der Waals surface area contributed by atoms with Crippen LogP contribution < -0.4 is 10.6 Å². The number of hydrogen-bond donors (Lipinski definition) is 2. The highest BCUT2D eigenvalue weighted by Gasteiger charge is 2.12. The largest absolute Gasteiger partial charge is 0.357 e. The normalized spacial score (nSPS) is 13.0. The van der Waals surface area contributed by atoms with Crippen molar-refractivity contribution in [3.8, 4) is 0 Å². The molecule has 1 aromatic rings. The fourth-order valence-electron chi connectivity index (χ4n) is 2.00. The Bertz CT molecular complexity index is 426. The van der Waals surface area contributed by atoms with Crippen molar-refractivity contribution in [1.29, 1.82) is 0 Å². The number of guanidine groups is 1. The molecule has 1 unspecified atom stereocenters. The Labute approximate surface area is 129 Å². The van der Waals surface area contributed by atoms with Crippen LogP contribution in [0.4, 0.5) is 0 Å². The molecule has 21 heavy (non-hydrogen) atoms. The number of nitrogens with zero attached hydrogens (tertiary/aromatic N) is 2. The van der Waals surface area contributed by atoms with Gasteiger partial charge in [-0.2, -0.15) is 0 Å². The van der Waals surface area contributed by atoms with Gasteiger partial charge in [-0.05, 0) is 33.0 Å². The van der Waals surface area contributed by atoms with E-state index in [1.54, 1.807) is 0 Å². The number of nitrogens with one attached hydrogen (secondary N) is 2. The van der Waals surface area contributed by atoms with E-state index in [-0.39, 0.29) is 0 Å². The van der Waals surface area contributed by atoms with Gasteiger partial charge in [-0.1, -0.05) is 36.4 Å². The molecule has 1 rings (SSSR count). The molecule has 0 heterocycles. The SMILES string of the molecule is C=CCNC(=NCC(Cc1ccccc1)N(C)C)NCC.